The Morgan fingerprint density at radius 3 is 2.65 bits per heavy atom. The molecular weight excluding hydrogens is 216 g/mol. The second kappa shape index (κ2) is 4.29. The van der Waals surface area contributed by atoms with Crippen molar-refractivity contribution in [1.82, 2.24) is 9.97 Å². The maximum Gasteiger partial charge on any atom is 0.254 e. The lowest BCUT2D eigenvalue weighted by Gasteiger charge is -2.07. The van der Waals surface area contributed by atoms with E-state index in [4.69, 9.17) is 5.73 Å². The second-order valence-electron chi connectivity index (χ2n) is 3.94. The van der Waals surface area contributed by atoms with Gasteiger partial charge in [-0.15, -0.1) is 0 Å². The highest BCUT2D eigenvalue weighted by molar-refractivity contribution is 5.58. The summed E-state index contributed by atoms with van der Waals surface area (Å²) < 4.78 is 0. The Kier molecular flexibility index (Phi) is 2.82. The van der Waals surface area contributed by atoms with Gasteiger partial charge in [0.25, 0.3) is 5.56 Å². The lowest BCUT2D eigenvalue weighted by molar-refractivity contribution is 1.14. The first kappa shape index (κ1) is 11.2. The molecular formula is C12H14N4O. The van der Waals surface area contributed by atoms with Crippen molar-refractivity contribution in [2.24, 2.45) is 0 Å². The zero-order valence-electron chi connectivity index (χ0n) is 9.74. The van der Waals surface area contributed by atoms with Crippen LogP contribution in [0.15, 0.2) is 29.1 Å². The Bertz CT molecular complexity index is 604. The highest BCUT2D eigenvalue weighted by Gasteiger charge is 2.00. The summed E-state index contributed by atoms with van der Waals surface area (Å²) in [6.45, 7) is 4.07. The Morgan fingerprint density at radius 1 is 1.24 bits per heavy atom. The summed E-state index contributed by atoms with van der Waals surface area (Å²) in [5.41, 5.74) is 8.46. The first-order valence-electron chi connectivity index (χ1n) is 5.26. The van der Waals surface area contributed by atoms with Crippen LogP contribution in [0.25, 0.3) is 0 Å². The van der Waals surface area contributed by atoms with Crippen molar-refractivity contribution in [2.45, 2.75) is 13.8 Å². The Hall–Kier alpha value is -2.30. The Labute approximate surface area is 98.7 Å². The van der Waals surface area contributed by atoms with Gasteiger partial charge in [-0.2, -0.15) is 4.98 Å². The highest BCUT2D eigenvalue weighted by atomic mass is 16.1. The van der Waals surface area contributed by atoms with Gasteiger partial charge in [-0.3, -0.25) is 9.78 Å². The largest absolute Gasteiger partial charge is 0.369 e. The summed E-state index contributed by atoms with van der Waals surface area (Å²) in [5.74, 6) is 0.540. The first-order chi connectivity index (χ1) is 8.04. The Balaban J connectivity index is 2.31. The van der Waals surface area contributed by atoms with Gasteiger partial charge in [-0.1, -0.05) is 6.07 Å². The fraction of sp³-hybridized carbons (Fsp3) is 0.167. The summed E-state index contributed by atoms with van der Waals surface area (Å²) >= 11 is 0. The second-order valence-corrected chi connectivity index (χ2v) is 3.94. The zero-order chi connectivity index (χ0) is 12.4. The minimum absolute atomic E-state index is 0.101. The van der Waals surface area contributed by atoms with Gasteiger partial charge in [0.1, 0.15) is 5.82 Å². The first-order valence-corrected chi connectivity index (χ1v) is 5.26. The van der Waals surface area contributed by atoms with E-state index in [-0.39, 0.29) is 11.5 Å². The van der Waals surface area contributed by atoms with Crippen molar-refractivity contribution in [3.63, 3.8) is 0 Å². The summed E-state index contributed by atoms with van der Waals surface area (Å²) in [6, 6.07) is 7.30. The van der Waals surface area contributed by atoms with Crippen LogP contribution in [0.2, 0.25) is 0 Å². The van der Waals surface area contributed by atoms with Crippen LogP contribution in [-0.2, 0) is 0 Å². The van der Waals surface area contributed by atoms with Gasteiger partial charge in [0.15, 0.2) is 0 Å². The molecule has 0 saturated heterocycles. The van der Waals surface area contributed by atoms with E-state index in [1.54, 1.807) is 0 Å². The van der Waals surface area contributed by atoms with E-state index < -0.39 is 0 Å². The molecule has 17 heavy (non-hydrogen) atoms. The number of nitrogens with one attached hydrogen (secondary N) is 2. The SMILES string of the molecule is Cc1ccc(Nc2cc(=O)[nH]c(N)n2)cc1C. The number of anilines is 3. The molecule has 0 atom stereocenters. The topological polar surface area (TPSA) is 83.8 Å². The summed E-state index contributed by atoms with van der Waals surface area (Å²) in [6.07, 6.45) is 0. The molecule has 0 aliphatic rings. The number of nitrogen functional groups attached to an aromatic ring is 1. The number of hydrogen-bond acceptors (Lipinski definition) is 4. The predicted octanol–water partition coefficient (Wildman–Crippen LogP) is 1.71. The number of benzene rings is 1. The third-order valence-corrected chi connectivity index (χ3v) is 2.54. The molecule has 2 rings (SSSR count). The van der Waals surface area contributed by atoms with Gasteiger partial charge in [0.05, 0.1) is 0 Å². The Morgan fingerprint density at radius 2 is 2.00 bits per heavy atom. The maximum atomic E-state index is 11.2. The van der Waals surface area contributed by atoms with Crippen LogP contribution < -0.4 is 16.6 Å². The minimum Gasteiger partial charge on any atom is -0.369 e. The molecule has 0 amide bonds. The molecule has 0 saturated carbocycles. The molecule has 0 aliphatic carbocycles. The molecule has 0 unspecified atom stereocenters. The molecule has 1 aromatic carbocycles. The van der Waals surface area contributed by atoms with E-state index in [1.165, 1.54) is 17.2 Å². The number of hydrogen-bond donors (Lipinski definition) is 3. The zero-order valence-corrected chi connectivity index (χ0v) is 9.74. The van der Waals surface area contributed by atoms with Gasteiger partial charge in [0.2, 0.25) is 5.95 Å². The third kappa shape index (κ3) is 2.63. The van der Waals surface area contributed by atoms with Crippen molar-refractivity contribution in [3.05, 3.63) is 45.7 Å². The van der Waals surface area contributed by atoms with Crippen molar-refractivity contribution in [1.29, 1.82) is 0 Å². The molecule has 1 heterocycles. The summed E-state index contributed by atoms with van der Waals surface area (Å²) in [7, 11) is 0. The smallest absolute Gasteiger partial charge is 0.254 e. The molecule has 1 aromatic heterocycles. The molecule has 0 radical (unpaired) electrons. The normalized spacial score (nSPS) is 10.2. The van der Waals surface area contributed by atoms with Crippen LogP contribution in [0.3, 0.4) is 0 Å². The van der Waals surface area contributed by atoms with Crippen LogP contribution in [0.5, 0.6) is 0 Å². The number of aryl methyl sites for hydroxylation is 2. The van der Waals surface area contributed by atoms with Gasteiger partial charge < -0.3 is 11.1 Å². The van der Waals surface area contributed by atoms with E-state index in [2.05, 4.69) is 15.3 Å². The van der Waals surface area contributed by atoms with Crippen LogP contribution in [-0.4, -0.2) is 9.97 Å². The van der Waals surface area contributed by atoms with Gasteiger partial charge >= 0.3 is 0 Å². The van der Waals surface area contributed by atoms with E-state index in [0.29, 0.717) is 5.82 Å². The molecule has 88 valence electrons. The molecule has 2 aromatic rings. The van der Waals surface area contributed by atoms with Crippen molar-refractivity contribution in [3.8, 4) is 0 Å². The lowest BCUT2D eigenvalue weighted by Crippen LogP contribution is -2.11. The van der Waals surface area contributed by atoms with Crippen molar-refractivity contribution < 1.29 is 0 Å². The number of nitrogens with zero attached hydrogens (tertiary/aromatic N) is 1. The summed E-state index contributed by atoms with van der Waals surface area (Å²) in [5, 5.41) is 3.04. The van der Waals surface area contributed by atoms with Crippen molar-refractivity contribution >= 4 is 17.5 Å². The average molecular weight is 230 g/mol. The fourth-order valence-corrected chi connectivity index (χ4v) is 1.51. The molecule has 0 aliphatic heterocycles. The number of aromatic nitrogens is 2. The third-order valence-electron chi connectivity index (χ3n) is 2.54. The van der Waals surface area contributed by atoms with Crippen LogP contribution >= 0.6 is 0 Å². The van der Waals surface area contributed by atoms with Gasteiger partial charge in [-0.05, 0) is 37.1 Å². The molecule has 5 heteroatoms. The number of nitrogens with two attached hydrogens (primary N) is 1. The number of rotatable bonds is 2. The molecule has 0 bridgehead atoms. The van der Waals surface area contributed by atoms with E-state index in [9.17, 15) is 4.79 Å². The minimum atomic E-state index is -0.274. The predicted molar refractivity (Wildman–Crippen MR) is 68.5 cm³/mol. The van der Waals surface area contributed by atoms with Crippen LogP contribution in [0, 0.1) is 13.8 Å². The quantitative estimate of drug-likeness (QED) is 0.733. The van der Waals surface area contributed by atoms with Crippen LogP contribution in [0.4, 0.5) is 17.5 Å². The van der Waals surface area contributed by atoms with Crippen LogP contribution in [0.1, 0.15) is 11.1 Å². The maximum absolute atomic E-state index is 11.2. The van der Waals surface area contributed by atoms with Gasteiger partial charge in [0, 0.05) is 11.8 Å². The lowest BCUT2D eigenvalue weighted by atomic mass is 10.1. The van der Waals surface area contributed by atoms with Gasteiger partial charge in [-0.25, -0.2) is 0 Å². The summed E-state index contributed by atoms with van der Waals surface area (Å²) in [4.78, 5) is 17.6. The average Bonchev–Trinajstić information content (AvgIpc) is 2.22. The van der Waals surface area contributed by atoms with E-state index >= 15 is 0 Å². The molecule has 0 spiro atoms. The molecule has 4 N–H and O–H groups in total. The van der Waals surface area contributed by atoms with E-state index in [1.807, 2.05) is 32.0 Å². The fourth-order valence-electron chi connectivity index (χ4n) is 1.51. The monoisotopic (exact) mass is 230 g/mol. The van der Waals surface area contributed by atoms with E-state index in [0.717, 1.165) is 5.69 Å². The highest BCUT2D eigenvalue weighted by Crippen LogP contribution is 2.17. The number of aromatic amines is 1. The molecule has 0 fully saturated rings. The molecule has 5 nitrogen and oxygen atoms in total. The number of H-pyrrole nitrogens is 1. The standard InChI is InChI=1S/C12H14N4O/c1-7-3-4-9(5-8(7)2)14-10-6-11(17)16-12(13)15-10/h3-6H,1-2H3,(H4,13,14,15,16,17). The van der Waals surface area contributed by atoms with Crippen molar-refractivity contribution in [2.75, 3.05) is 11.1 Å².